The Morgan fingerprint density at radius 3 is 3.08 bits per heavy atom. The molecular weight excluding hydrogens is 190 g/mol. The van der Waals surface area contributed by atoms with Crippen LogP contribution >= 0.6 is 22.9 Å². The summed E-state index contributed by atoms with van der Waals surface area (Å²) in [5.74, 6) is 0. The minimum atomic E-state index is 0.278. The van der Waals surface area contributed by atoms with E-state index in [0.29, 0.717) is 0 Å². The van der Waals surface area contributed by atoms with E-state index < -0.39 is 0 Å². The van der Waals surface area contributed by atoms with Gasteiger partial charge in [0.2, 0.25) is 0 Å². The van der Waals surface area contributed by atoms with Gasteiger partial charge in [0.15, 0.2) is 0 Å². The first-order valence-electron chi connectivity index (χ1n) is 4.15. The Kier molecular flexibility index (Phi) is 4.66. The largest absolute Gasteiger partial charge is 0.313 e. The van der Waals surface area contributed by atoms with Gasteiger partial charge in [-0.3, -0.25) is 0 Å². The predicted molar refractivity (Wildman–Crippen MR) is 56.0 cm³/mol. The molecule has 0 aliphatic carbocycles. The summed E-state index contributed by atoms with van der Waals surface area (Å²) >= 11 is 7.54. The van der Waals surface area contributed by atoms with Gasteiger partial charge < -0.3 is 5.32 Å². The van der Waals surface area contributed by atoms with Crippen molar-refractivity contribution in [2.45, 2.75) is 25.3 Å². The standard InChI is InChI=1S/C9H14ClNS/c1-8(10)2-4-11-6-9-3-5-12-7-9/h3,5,7-8,11H,2,4,6H2,1H3. The van der Waals surface area contributed by atoms with Gasteiger partial charge in [-0.1, -0.05) is 0 Å². The molecule has 0 spiro atoms. The van der Waals surface area contributed by atoms with Crippen LogP contribution in [-0.4, -0.2) is 11.9 Å². The van der Waals surface area contributed by atoms with E-state index >= 15 is 0 Å². The van der Waals surface area contributed by atoms with Crippen molar-refractivity contribution in [3.05, 3.63) is 22.4 Å². The lowest BCUT2D eigenvalue weighted by molar-refractivity contribution is 0.646. The average molecular weight is 204 g/mol. The van der Waals surface area contributed by atoms with Crippen molar-refractivity contribution < 1.29 is 0 Å². The zero-order valence-corrected chi connectivity index (χ0v) is 8.79. The van der Waals surface area contributed by atoms with E-state index in [9.17, 15) is 0 Å². The van der Waals surface area contributed by atoms with Crippen LogP contribution in [0.25, 0.3) is 0 Å². The molecule has 0 saturated heterocycles. The van der Waals surface area contributed by atoms with Gasteiger partial charge in [0, 0.05) is 11.9 Å². The molecule has 0 aliphatic heterocycles. The van der Waals surface area contributed by atoms with Crippen LogP contribution in [0.4, 0.5) is 0 Å². The third-order valence-electron chi connectivity index (χ3n) is 1.63. The third-order valence-corrected chi connectivity index (χ3v) is 2.58. The Bertz CT molecular complexity index is 196. The van der Waals surface area contributed by atoms with Crippen molar-refractivity contribution in [1.82, 2.24) is 5.32 Å². The van der Waals surface area contributed by atoms with Crippen molar-refractivity contribution >= 4 is 22.9 Å². The molecule has 1 N–H and O–H groups in total. The number of hydrogen-bond acceptors (Lipinski definition) is 2. The molecule has 1 atom stereocenters. The van der Waals surface area contributed by atoms with E-state index in [1.54, 1.807) is 11.3 Å². The molecule has 1 aromatic rings. The molecule has 0 amide bonds. The molecule has 12 heavy (non-hydrogen) atoms. The fourth-order valence-corrected chi connectivity index (χ4v) is 1.70. The molecule has 1 rings (SSSR count). The molecule has 1 unspecified atom stereocenters. The van der Waals surface area contributed by atoms with Gasteiger partial charge in [-0.25, -0.2) is 0 Å². The second kappa shape index (κ2) is 5.57. The van der Waals surface area contributed by atoms with Gasteiger partial charge in [0.1, 0.15) is 0 Å². The van der Waals surface area contributed by atoms with E-state index in [4.69, 9.17) is 11.6 Å². The molecule has 0 radical (unpaired) electrons. The van der Waals surface area contributed by atoms with Crippen molar-refractivity contribution in [2.75, 3.05) is 6.54 Å². The van der Waals surface area contributed by atoms with Crippen molar-refractivity contribution in [1.29, 1.82) is 0 Å². The van der Waals surface area contributed by atoms with Gasteiger partial charge in [-0.15, -0.1) is 11.6 Å². The molecule has 3 heteroatoms. The fourth-order valence-electron chi connectivity index (χ4n) is 0.927. The molecule has 1 aromatic heterocycles. The quantitative estimate of drug-likeness (QED) is 0.573. The predicted octanol–water partition coefficient (Wildman–Crippen LogP) is 2.86. The van der Waals surface area contributed by atoms with Crippen molar-refractivity contribution in [3.63, 3.8) is 0 Å². The van der Waals surface area contributed by atoms with Gasteiger partial charge >= 0.3 is 0 Å². The number of nitrogens with one attached hydrogen (secondary N) is 1. The van der Waals surface area contributed by atoms with Crippen molar-refractivity contribution in [3.8, 4) is 0 Å². The van der Waals surface area contributed by atoms with E-state index in [-0.39, 0.29) is 5.38 Å². The minimum Gasteiger partial charge on any atom is -0.313 e. The van der Waals surface area contributed by atoms with Crippen LogP contribution in [0.5, 0.6) is 0 Å². The highest BCUT2D eigenvalue weighted by molar-refractivity contribution is 7.07. The first-order chi connectivity index (χ1) is 5.79. The highest BCUT2D eigenvalue weighted by Crippen LogP contribution is 2.05. The maximum absolute atomic E-state index is 5.80. The van der Waals surface area contributed by atoms with Crippen LogP contribution in [0, 0.1) is 0 Å². The summed E-state index contributed by atoms with van der Waals surface area (Å²) in [5, 5.41) is 7.88. The van der Waals surface area contributed by atoms with E-state index in [1.807, 2.05) is 6.92 Å². The van der Waals surface area contributed by atoms with Gasteiger partial charge in [-0.05, 0) is 42.3 Å². The zero-order chi connectivity index (χ0) is 8.81. The monoisotopic (exact) mass is 203 g/mol. The van der Waals surface area contributed by atoms with Crippen LogP contribution in [0.15, 0.2) is 16.8 Å². The number of thiophene rings is 1. The fraction of sp³-hybridized carbons (Fsp3) is 0.556. The highest BCUT2D eigenvalue weighted by atomic mass is 35.5. The SMILES string of the molecule is CC(Cl)CCNCc1ccsc1. The second-order valence-electron chi connectivity index (χ2n) is 2.88. The smallest absolute Gasteiger partial charge is 0.0319 e. The van der Waals surface area contributed by atoms with E-state index in [1.165, 1.54) is 5.56 Å². The Morgan fingerprint density at radius 2 is 2.50 bits per heavy atom. The average Bonchev–Trinajstić information content (AvgIpc) is 2.49. The molecule has 68 valence electrons. The Hall–Kier alpha value is -0.0500. The number of halogens is 1. The normalized spacial score (nSPS) is 13.2. The first-order valence-corrected chi connectivity index (χ1v) is 5.53. The van der Waals surface area contributed by atoms with Gasteiger partial charge in [0.05, 0.1) is 0 Å². The molecule has 1 nitrogen and oxygen atoms in total. The molecule has 0 fully saturated rings. The Balaban J connectivity index is 2.04. The number of rotatable bonds is 5. The second-order valence-corrected chi connectivity index (χ2v) is 4.40. The number of alkyl halides is 1. The minimum absolute atomic E-state index is 0.278. The lowest BCUT2D eigenvalue weighted by Gasteiger charge is -2.03. The van der Waals surface area contributed by atoms with Crippen molar-refractivity contribution in [2.24, 2.45) is 0 Å². The molecule has 0 saturated carbocycles. The van der Waals surface area contributed by atoms with Crippen LogP contribution in [0.2, 0.25) is 0 Å². The summed E-state index contributed by atoms with van der Waals surface area (Å²) < 4.78 is 0. The summed E-state index contributed by atoms with van der Waals surface area (Å²) in [6.07, 6.45) is 1.03. The third kappa shape index (κ3) is 4.10. The lowest BCUT2D eigenvalue weighted by Crippen LogP contribution is -2.16. The topological polar surface area (TPSA) is 12.0 Å². The summed E-state index contributed by atoms with van der Waals surface area (Å²) in [6, 6.07) is 2.14. The van der Waals surface area contributed by atoms with Crippen LogP contribution in [0.1, 0.15) is 18.9 Å². The van der Waals surface area contributed by atoms with Crippen LogP contribution in [0.3, 0.4) is 0 Å². The van der Waals surface area contributed by atoms with Crippen LogP contribution in [-0.2, 0) is 6.54 Å². The lowest BCUT2D eigenvalue weighted by atomic mass is 10.3. The van der Waals surface area contributed by atoms with Crippen LogP contribution < -0.4 is 5.32 Å². The van der Waals surface area contributed by atoms with Gasteiger partial charge in [0.25, 0.3) is 0 Å². The molecule has 0 aliphatic rings. The molecule has 0 aromatic carbocycles. The zero-order valence-electron chi connectivity index (χ0n) is 7.22. The summed E-state index contributed by atoms with van der Waals surface area (Å²) in [4.78, 5) is 0. The Labute approximate surface area is 82.7 Å². The summed E-state index contributed by atoms with van der Waals surface area (Å²) in [6.45, 7) is 3.99. The first kappa shape index (κ1) is 10.0. The molecule has 1 heterocycles. The highest BCUT2D eigenvalue weighted by Gasteiger charge is 1.95. The summed E-state index contributed by atoms with van der Waals surface area (Å²) in [7, 11) is 0. The van der Waals surface area contributed by atoms with E-state index in [0.717, 1.165) is 19.5 Å². The summed E-state index contributed by atoms with van der Waals surface area (Å²) in [5.41, 5.74) is 1.36. The Morgan fingerprint density at radius 1 is 1.67 bits per heavy atom. The maximum atomic E-state index is 5.80. The van der Waals surface area contributed by atoms with Gasteiger partial charge in [-0.2, -0.15) is 11.3 Å². The number of hydrogen-bond donors (Lipinski definition) is 1. The van der Waals surface area contributed by atoms with E-state index in [2.05, 4.69) is 22.1 Å². The molecule has 0 bridgehead atoms. The maximum Gasteiger partial charge on any atom is 0.0319 e. The molecular formula is C9H14ClNS.